The zero-order valence-electron chi connectivity index (χ0n) is 10.8. The second kappa shape index (κ2) is 6.34. The summed E-state index contributed by atoms with van der Waals surface area (Å²) in [6.07, 6.45) is 0. The molecule has 1 amide bonds. The van der Waals surface area contributed by atoms with Crippen molar-refractivity contribution in [1.29, 1.82) is 0 Å². The number of phenolic OH excluding ortho intramolecular Hbond substituents is 1. The molecule has 0 spiro atoms. The molecule has 0 saturated carbocycles. The first-order valence-corrected chi connectivity index (χ1v) is 6.76. The molecule has 0 heterocycles. The standard InChI is InChI=1S/C15H13BrN2O2/c1-10(13-7-2-3-8-14(13)19)17-18-15(20)11-5-4-6-12(16)9-11/h2-9,19H,1H3,(H,18,20)/b17-10+. The van der Waals surface area contributed by atoms with Gasteiger partial charge in [0, 0.05) is 15.6 Å². The van der Waals surface area contributed by atoms with Gasteiger partial charge in [-0.2, -0.15) is 5.10 Å². The topological polar surface area (TPSA) is 61.7 Å². The molecule has 0 aliphatic carbocycles. The Morgan fingerprint density at radius 3 is 2.65 bits per heavy atom. The molecule has 0 saturated heterocycles. The van der Waals surface area contributed by atoms with E-state index < -0.39 is 0 Å². The molecule has 2 aromatic carbocycles. The maximum atomic E-state index is 11.9. The van der Waals surface area contributed by atoms with E-state index in [2.05, 4.69) is 26.5 Å². The van der Waals surface area contributed by atoms with Crippen LogP contribution >= 0.6 is 15.9 Å². The highest BCUT2D eigenvalue weighted by molar-refractivity contribution is 9.10. The molecule has 0 radical (unpaired) electrons. The lowest BCUT2D eigenvalue weighted by Gasteiger charge is -2.05. The lowest BCUT2D eigenvalue weighted by molar-refractivity contribution is 0.0954. The number of para-hydroxylation sites is 1. The summed E-state index contributed by atoms with van der Waals surface area (Å²) in [5, 5.41) is 13.7. The van der Waals surface area contributed by atoms with Gasteiger partial charge in [0.15, 0.2) is 0 Å². The van der Waals surface area contributed by atoms with Gasteiger partial charge in [-0.25, -0.2) is 5.43 Å². The summed E-state index contributed by atoms with van der Waals surface area (Å²) in [5.74, 6) is -0.175. The molecule has 0 aliphatic heterocycles. The molecule has 5 heteroatoms. The van der Waals surface area contributed by atoms with Crippen molar-refractivity contribution < 1.29 is 9.90 Å². The summed E-state index contributed by atoms with van der Waals surface area (Å²) in [4.78, 5) is 11.9. The highest BCUT2D eigenvalue weighted by atomic mass is 79.9. The predicted molar refractivity (Wildman–Crippen MR) is 81.9 cm³/mol. The lowest BCUT2D eigenvalue weighted by atomic mass is 10.1. The fourth-order valence-corrected chi connectivity index (χ4v) is 2.07. The molecule has 0 bridgehead atoms. The van der Waals surface area contributed by atoms with E-state index in [1.165, 1.54) is 0 Å². The van der Waals surface area contributed by atoms with E-state index in [9.17, 15) is 9.90 Å². The zero-order valence-corrected chi connectivity index (χ0v) is 12.4. The van der Waals surface area contributed by atoms with Gasteiger partial charge >= 0.3 is 0 Å². The Hall–Kier alpha value is -2.14. The fraction of sp³-hybridized carbons (Fsp3) is 0.0667. The number of hydrogen-bond acceptors (Lipinski definition) is 3. The maximum Gasteiger partial charge on any atom is 0.271 e. The number of benzene rings is 2. The number of phenols is 1. The van der Waals surface area contributed by atoms with Crippen LogP contribution in [-0.4, -0.2) is 16.7 Å². The molecule has 0 aromatic heterocycles. The highest BCUT2D eigenvalue weighted by Crippen LogP contribution is 2.16. The normalized spacial score (nSPS) is 11.2. The summed E-state index contributed by atoms with van der Waals surface area (Å²) in [5.41, 5.74) is 4.10. The molecule has 2 N–H and O–H groups in total. The molecule has 4 nitrogen and oxygen atoms in total. The summed E-state index contributed by atoms with van der Waals surface area (Å²) < 4.78 is 0.826. The minimum atomic E-state index is -0.305. The van der Waals surface area contributed by atoms with Crippen molar-refractivity contribution in [3.8, 4) is 5.75 Å². The second-order valence-electron chi connectivity index (χ2n) is 4.17. The van der Waals surface area contributed by atoms with Gasteiger partial charge in [-0.1, -0.05) is 34.1 Å². The van der Waals surface area contributed by atoms with Gasteiger partial charge in [0.05, 0.1) is 5.71 Å². The van der Waals surface area contributed by atoms with Gasteiger partial charge in [-0.05, 0) is 37.3 Å². The van der Waals surface area contributed by atoms with Crippen molar-refractivity contribution >= 4 is 27.5 Å². The highest BCUT2D eigenvalue weighted by Gasteiger charge is 2.06. The van der Waals surface area contributed by atoms with Crippen molar-refractivity contribution in [2.45, 2.75) is 6.92 Å². The number of carbonyl (C=O) groups excluding carboxylic acids is 1. The molecule has 0 atom stereocenters. The zero-order chi connectivity index (χ0) is 14.5. The Morgan fingerprint density at radius 1 is 1.20 bits per heavy atom. The Labute approximate surface area is 125 Å². The number of halogens is 1. The number of nitrogens with one attached hydrogen (secondary N) is 1. The smallest absolute Gasteiger partial charge is 0.271 e. The van der Waals surface area contributed by atoms with Crippen molar-refractivity contribution in [1.82, 2.24) is 5.43 Å². The minimum absolute atomic E-state index is 0.130. The number of hydrogen-bond donors (Lipinski definition) is 2. The van der Waals surface area contributed by atoms with Crippen molar-refractivity contribution in [3.63, 3.8) is 0 Å². The van der Waals surface area contributed by atoms with E-state index in [0.29, 0.717) is 16.8 Å². The molecule has 20 heavy (non-hydrogen) atoms. The largest absolute Gasteiger partial charge is 0.507 e. The van der Waals surface area contributed by atoms with E-state index in [1.807, 2.05) is 6.07 Å². The fourth-order valence-electron chi connectivity index (χ4n) is 1.67. The lowest BCUT2D eigenvalue weighted by Crippen LogP contribution is -2.19. The monoisotopic (exact) mass is 332 g/mol. The number of carbonyl (C=O) groups is 1. The molecule has 2 aromatic rings. The van der Waals surface area contributed by atoms with Crippen LogP contribution < -0.4 is 5.43 Å². The third-order valence-electron chi connectivity index (χ3n) is 2.71. The van der Waals surface area contributed by atoms with Crippen LogP contribution in [0.15, 0.2) is 58.1 Å². The summed E-state index contributed by atoms with van der Waals surface area (Å²) in [6.45, 7) is 1.72. The van der Waals surface area contributed by atoms with E-state index in [0.717, 1.165) is 4.47 Å². The Bertz CT molecular complexity index is 668. The van der Waals surface area contributed by atoms with Crippen molar-refractivity contribution in [2.75, 3.05) is 0 Å². The molecule has 102 valence electrons. The second-order valence-corrected chi connectivity index (χ2v) is 5.08. The van der Waals surface area contributed by atoms with Gasteiger partial charge in [0.2, 0.25) is 0 Å². The Balaban J connectivity index is 2.13. The van der Waals surface area contributed by atoms with E-state index in [-0.39, 0.29) is 11.7 Å². The molecule has 0 unspecified atom stereocenters. The number of hydrazone groups is 1. The molecule has 2 rings (SSSR count). The number of amides is 1. The average molecular weight is 333 g/mol. The van der Waals surface area contributed by atoms with Crippen LogP contribution in [0, 0.1) is 0 Å². The Morgan fingerprint density at radius 2 is 1.95 bits per heavy atom. The minimum Gasteiger partial charge on any atom is -0.507 e. The van der Waals surface area contributed by atoms with E-state index in [4.69, 9.17) is 0 Å². The Kier molecular flexibility index (Phi) is 4.53. The van der Waals surface area contributed by atoms with Crippen LogP contribution in [0.1, 0.15) is 22.8 Å². The third-order valence-corrected chi connectivity index (χ3v) is 3.20. The first kappa shape index (κ1) is 14.3. The van der Waals surface area contributed by atoms with Crippen LogP contribution in [0.5, 0.6) is 5.75 Å². The maximum absolute atomic E-state index is 11.9. The number of rotatable bonds is 3. The van der Waals surface area contributed by atoms with E-state index >= 15 is 0 Å². The van der Waals surface area contributed by atoms with Crippen LogP contribution in [0.3, 0.4) is 0 Å². The summed E-state index contributed by atoms with van der Waals surface area (Å²) >= 11 is 3.31. The number of nitrogens with zero attached hydrogens (tertiary/aromatic N) is 1. The van der Waals surface area contributed by atoms with Crippen LogP contribution in [0.2, 0.25) is 0 Å². The quantitative estimate of drug-likeness (QED) is 0.669. The molecular formula is C15H13BrN2O2. The molecule has 0 fully saturated rings. The van der Waals surface area contributed by atoms with Gasteiger partial charge in [-0.3, -0.25) is 4.79 Å². The predicted octanol–water partition coefficient (Wildman–Crippen LogP) is 3.31. The van der Waals surface area contributed by atoms with Gasteiger partial charge in [0.1, 0.15) is 5.75 Å². The molecule has 0 aliphatic rings. The summed E-state index contributed by atoms with van der Waals surface area (Å²) in [6, 6.07) is 13.9. The average Bonchev–Trinajstić information content (AvgIpc) is 2.45. The van der Waals surface area contributed by atoms with E-state index in [1.54, 1.807) is 49.4 Å². The summed E-state index contributed by atoms with van der Waals surface area (Å²) in [7, 11) is 0. The van der Waals surface area contributed by atoms with Crippen LogP contribution in [-0.2, 0) is 0 Å². The SMILES string of the molecule is C/C(=N\NC(=O)c1cccc(Br)c1)c1ccccc1O. The molecular weight excluding hydrogens is 320 g/mol. The number of aromatic hydroxyl groups is 1. The first-order valence-electron chi connectivity index (χ1n) is 5.96. The van der Waals surface area contributed by atoms with Crippen molar-refractivity contribution in [2.24, 2.45) is 5.10 Å². The third kappa shape index (κ3) is 3.45. The van der Waals surface area contributed by atoms with Gasteiger partial charge in [0.25, 0.3) is 5.91 Å². The van der Waals surface area contributed by atoms with Crippen LogP contribution in [0.25, 0.3) is 0 Å². The van der Waals surface area contributed by atoms with Crippen molar-refractivity contribution in [3.05, 3.63) is 64.1 Å². The van der Waals surface area contributed by atoms with Gasteiger partial charge < -0.3 is 5.11 Å². The van der Waals surface area contributed by atoms with Crippen LogP contribution in [0.4, 0.5) is 0 Å². The first-order chi connectivity index (χ1) is 9.58. The van der Waals surface area contributed by atoms with Gasteiger partial charge in [-0.15, -0.1) is 0 Å².